The van der Waals surface area contributed by atoms with Crippen LogP contribution in [0.3, 0.4) is 0 Å². The lowest BCUT2D eigenvalue weighted by atomic mass is 9.72. The van der Waals surface area contributed by atoms with Gasteiger partial charge in [0, 0.05) is 9.28 Å². The third kappa shape index (κ3) is 4.04. The zero-order valence-corrected chi connectivity index (χ0v) is 14.4. The lowest BCUT2D eigenvalue weighted by molar-refractivity contribution is 0.0953. The van der Waals surface area contributed by atoms with Crippen molar-refractivity contribution in [1.29, 1.82) is 0 Å². The molecule has 1 amide bonds. The number of nitrogens with one attached hydrogen (secondary N) is 1. The first kappa shape index (κ1) is 15.5. The fraction of sp³-hybridized carbons (Fsp3) is 0.500. The number of amides is 1. The molecule has 0 saturated heterocycles. The second kappa shape index (κ2) is 6.24. The highest BCUT2D eigenvalue weighted by Gasteiger charge is 2.29. The molecule has 1 aromatic rings. The number of benzene rings is 1. The molecule has 2 rings (SSSR count). The van der Waals surface area contributed by atoms with Gasteiger partial charge in [-0.3, -0.25) is 4.79 Å². The highest BCUT2D eigenvalue weighted by atomic mass is 127. The number of rotatable bonds is 2. The van der Waals surface area contributed by atoms with E-state index in [1.807, 2.05) is 24.3 Å². The number of hydrogen-bond acceptors (Lipinski definition) is 2. The summed E-state index contributed by atoms with van der Waals surface area (Å²) in [7, 11) is 0. The standard InChI is InChI=1S/C16H21IN2O/c1-11-8-12(10-16(2,3)9-11)18-19-15(20)13-6-4-5-7-14(13)17/h4-7,11H,8-10H2,1-3H3,(H,19,20)/b18-12-/t11-/m0/s1. The van der Waals surface area contributed by atoms with Crippen LogP contribution in [0.2, 0.25) is 0 Å². The van der Waals surface area contributed by atoms with Crippen molar-refractivity contribution in [2.24, 2.45) is 16.4 Å². The predicted molar refractivity (Wildman–Crippen MR) is 90.9 cm³/mol. The Morgan fingerprint density at radius 1 is 1.40 bits per heavy atom. The highest BCUT2D eigenvalue weighted by Crippen LogP contribution is 2.36. The van der Waals surface area contributed by atoms with Gasteiger partial charge in [-0.05, 0) is 65.3 Å². The maximum Gasteiger partial charge on any atom is 0.272 e. The van der Waals surface area contributed by atoms with E-state index in [2.05, 4.69) is 53.9 Å². The Labute approximate surface area is 134 Å². The summed E-state index contributed by atoms with van der Waals surface area (Å²) in [6, 6.07) is 7.55. The number of hydrazone groups is 1. The van der Waals surface area contributed by atoms with Crippen molar-refractivity contribution in [3.8, 4) is 0 Å². The number of carbonyl (C=O) groups is 1. The molecule has 0 bridgehead atoms. The molecule has 0 unspecified atom stereocenters. The summed E-state index contributed by atoms with van der Waals surface area (Å²) in [5.41, 5.74) is 4.78. The average molecular weight is 384 g/mol. The van der Waals surface area contributed by atoms with Crippen molar-refractivity contribution in [2.45, 2.75) is 40.0 Å². The van der Waals surface area contributed by atoms with E-state index in [1.54, 1.807) is 0 Å². The summed E-state index contributed by atoms with van der Waals surface area (Å²) in [4.78, 5) is 12.1. The van der Waals surface area contributed by atoms with Gasteiger partial charge in [0.15, 0.2) is 0 Å². The summed E-state index contributed by atoms with van der Waals surface area (Å²) in [6.45, 7) is 6.78. The molecule has 0 radical (unpaired) electrons. The quantitative estimate of drug-likeness (QED) is 0.602. The molecule has 0 heterocycles. The summed E-state index contributed by atoms with van der Waals surface area (Å²) in [6.07, 6.45) is 3.16. The van der Waals surface area contributed by atoms with E-state index in [-0.39, 0.29) is 11.3 Å². The van der Waals surface area contributed by atoms with E-state index in [1.165, 1.54) is 6.42 Å². The first-order chi connectivity index (χ1) is 9.37. The Kier molecular flexibility index (Phi) is 4.83. The van der Waals surface area contributed by atoms with Crippen LogP contribution in [-0.4, -0.2) is 11.6 Å². The molecular weight excluding hydrogens is 363 g/mol. The number of halogens is 1. The monoisotopic (exact) mass is 384 g/mol. The molecule has 20 heavy (non-hydrogen) atoms. The molecule has 1 aliphatic carbocycles. The SMILES string of the molecule is C[C@H]1C/C(=N/NC(=O)c2ccccc2I)CC(C)(C)C1. The van der Waals surface area contributed by atoms with Crippen LogP contribution in [0.1, 0.15) is 50.4 Å². The van der Waals surface area contributed by atoms with Gasteiger partial charge in [0.25, 0.3) is 5.91 Å². The van der Waals surface area contributed by atoms with Crippen LogP contribution in [0.15, 0.2) is 29.4 Å². The minimum Gasteiger partial charge on any atom is -0.267 e. The molecule has 1 N–H and O–H groups in total. The molecule has 1 saturated carbocycles. The summed E-state index contributed by atoms with van der Waals surface area (Å²) in [5, 5.41) is 4.36. The predicted octanol–water partition coefficient (Wildman–Crippen LogP) is 4.22. The van der Waals surface area contributed by atoms with Crippen molar-refractivity contribution in [1.82, 2.24) is 5.43 Å². The Morgan fingerprint density at radius 3 is 2.75 bits per heavy atom. The highest BCUT2D eigenvalue weighted by molar-refractivity contribution is 14.1. The molecule has 0 spiro atoms. The van der Waals surface area contributed by atoms with E-state index in [0.717, 1.165) is 22.1 Å². The van der Waals surface area contributed by atoms with Crippen molar-refractivity contribution in [2.75, 3.05) is 0 Å². The maximum absolute atomic E-state index is 12.1. The second-order valence-electron chi connectivity index (χ2n) is 6.45. The van der Waals surface area contributed by atoms with Gasteiger partial charge in [-0.2, -0.15) is 5.10 Å². The molecule has 4 heteroatoms. The second-order valence-corrected chi connectivity index (χ2v) is 7.62. The molecule has 0 aromatic heterocycles. The first-order valence-corrected chi connectivity index (χ1v) is 8.05. The van der Waals surface area contributed by atoms with E-state index in [9.17, 15) is 4.79 Å². The molecule has 0 aliphatic heterocycles. The van der Waals surface area contributed by atoms with Gasteiger partial charge in [-0.25, -0.2) is 5.43 Å². The van der Waals surface area contributed by atoms with Crippen molar-refractivity contribution in [3.63, 3.8) is 0 Å². The number of hydrogen-bond donors (Lipinski definition) is 1. The van der Waals surface area contributed by atoms with Crippen LogP contribution in [0.25, 0.3) is 0 Å². The van der Waals surface area contributed by atoms with Crippen LogP contribution in [0.4, 0.5) is 0 Å². The van der Waals surface area contributed by atoms with E-state index >= 15 is 0 Å². The summed E-state index contributed by atoms with van der Waals surface area (Å²) < 4.78 is 0.945. The maximum atomic E-state index is 12.1. The normalized spacial score (nSPS) is 23.6. The van der Waals surface area contributed by atoms with Gasteiger partial charge in [0.05, 0.1) is 5.56 Å². The summed E-state index contributed by atoms with van der Waals surface area (Å²) >= 11 is 2.17. The summed E-state index contributed by atoms with van der Waals surface area (Å²) in [5.74, 6) is 0.504. The lowest BCUT2D eigenvalue weighted by Gasteiger charge is -2.34. The minimum atomic E-state index is -0.126. The van der Waals surface area contributed by atoms with E-state index < -0.39 is 0 Å². The van der Waals surface area contributed by atoms with Crippen LogP contribution < -0.4 is 5.43 Å². The third-order valence-corrected chi connectivity index (χ3v) is 4.54. The van der Waals surface area contributed by atoms with Gasteiger partial charge in [-0.15, -0.1) is 0 Å². The molecule has 1 fully saturated rings. The fourth-order valence-corrected chi connectivity index (χ4v) is 3.67. The molecule has 1 atom stereocenters. The Morgan fingerprint density at radius 2 is 2.10 bits per heavy atom. The fourth-order valence-electron chi connectivity index (χ4n) is 3.04. The largest absolute Gasteiger partial charge is 0.272 e. The van der Waals surface area contributed by atoms with Gasteiger partial charge >= 0.3 is 0 Å². The zero-order valence-electron chi connectivity index (χ0n) is 12.2. The Bertz CT molecular complexity index is 537. The lowest BCUT2D eigenvalue weighted by Crippen LogP contribution is -2.30. The van der Waals surface area contributed by atoms with Crippen LogP contribution in [0, 0.1) is 14.9 Å². The van der Waals surface area contributed by atoms with Crippen LogP contribution >= 0.6 is 22.6 Å². The first-order valence-electron chi connectivity index (χ1n) is 6.98. The average Bonchev–Trinajstić information content (AvgIpc) is 2.34. The minimum absolute atomic E-state index is 0.126. The molecule has 108 valence electrons. The third-order valence-electron chi connectivity index (χ3n) is 3.60. The topological polar surface area (TPSA) is 41.5 Å². The van der Waals surface area contributed by atoms with E-state index in [0.29, 0.717) is 11.5 Å². The van der Waals surface area contributed by atoms with Gasteiger partial charge in [0.2, 0.25) is 0 Å². The van der Waals surface area contributed by atoms with Crippen LogP contribution in [0.5, 0.6) is 0 Å². The molecular formula is C16H21IN2O. The number of nitrogens with zero attached hydrogens (tertiary/aromatic N) is 1. The molecule has 1 aromatic carbocycles. The Balaban J connectivity index is 2.06. The van der Waals surface area contributed by atoms with Gasteiger partial charge in [0.1, 0.15) is 0 Å². The number of carbonyl (C=O) groups excluding carboxylic acids is 1. The van der Waals surface area contributed by atoms with Crippen molar-refractivity contribution < 1.29 is 4.79 Å². The molecule has 3 nitrogen and oxygen atoms in total. The van der Waals surface area contributed by atoms with Crippen molar-refractivity contribution in [3.05, 3.63) is 33.4 Å². The zero-order chi connectivity index (χ0) is 14.8. The van der Waals surface area contributed by atoms with Crippen LogP contribution in [-0.2, 0) is 0 Å². The molecule has 1 aliphatic rings. The smallest absolute Gasteiger partial charge is 0.267 e. The van der Waals surface area contributed by atoms with Gasteiger partial charge in [-0.1, -0.05) is 32.9 Å². The van der Waals surface area contributed by atoms with Crippen molar-refractivity contribution >= 4 is 34.2 Å². The van der Waals surface area contributed by atoms with Gasteiger partial charge < -0.3 is 0 Å². The Hall–Kier alpha value is -0.910. The van der Waals surface area contributed by atoms with E-state index in [4.69, 9.17) is 0 Å².